The fraction of sp³-hybridized carbons (Fsp3) is 0.409. The Morgan fingerprint density at radius 1 is 1.18 bits per heavy atom. The summed E-state index contributed by atoms with van der Waals surface area (Å²) in [5.41, 5.74) is 1.01. The molecule has 1 fully saturated rings. The van der Waals surface area contributed by atoms with Crippen molar-refractivity contribution in [2.75, 3.05) is 32.8 Å². The normalized spacial score (nSPS) is 15.0. The molecule has 11 heteroatoms. The third kappa shape index (κ3) is 5.00. The largest absolute Gasteiger partial charge is 0.459 e. The number of rotatable bonds is 8. The Morgan fingerprint density at radius 3 is 2.67 bits per heavy atom. The number of sulfonamides is 1. The van der Waals surface area contributed by atoms with E-state index in [0.717, 1.165) is 0 Å². The first kappa shape index (κ1) is 23.1. The van der Waals surface area contributed by atoms with Crippen LogP contribution in [0.3, 0.4) is 0 Å². The lowest BCUT2D eigenvalue weighted by atomic mass is 10.1. The van der Waals surface area contributed by atoms with E-state index in [4.69, 9.17) is 13.6 Å². The molecule has 176 valence electrons. The van der Waals surface area contributed by atoms with Crippen molar-refractivity contribution < 1.29 is 26.8 Å². The predicted molar refractivity (Wildman–Crippen MR) is 118 cm³/mol. The molecule has 4 rings (SSSR count). The maximum absolute atomic E-state index is 13.4. The quantitative estimate of drug-likeness (QED) is 0.489. The number of ether oxygens (including phenoxy) is 1. The van der Waals surface area contributed by atoms with Crippen molar-refractivity contribution in [1.29, 1.82) is 0 Å². The number of nitrogens with zero attached hydrogens (tertiary/aromatic N) is 4. The van der Waals surface area contributed by atoms with Crippen LogP contribution < -0.4 is 0 Å². The van der Waals surface area contributed by atoms with Crippen LogP contribution in [-0.4, -0.2) is 66.6 Å². The minimum Gasteiger partial charge on any atom is -0.459 e. The second-order valence-corrected chi connectivity index (χ2v) is 9.64. The summed E-state index contributed by atoms with van der Waals surface area (Å²) >= 11 is 0. The van der Waals surface area contributed by atoms with Crippen molar-refractivity contribution in [3.63, 3.8) is 0 Å². The molecule has 0 saturated carbocycles. The van der Waals surface area contributed by atoms with Crippen molar-refractivity contribution in [3.8, 4) is 11.7 Å². The van der Waals surface area contributed by atoms with Gasteiger partial charge in [-0.15, -0.1) is 10.2 Å². The molecule has 3 heterocycles. The second kappa shape index (κ2) is 9.86. The molecule has 33 heavy (non-hydrogen) atoms. The molecule has 0 bridgehead atoms. The molecular weight excluding hydrogens is 448 g/mol. The molecule has 0 N–H and O–H groups in total. The van der Waals surface area contributed by atoms with Gasteiger partial charge in [0.2, 0.25) is 15.9 Å². The summed E-state index contributed by atoms with van der Waals surface area (Å²) < 4.78 is 43.7. The van der Waals surface area contributed by atoms with Gasteiger partial charge in [-0.2, -0.15) is 4.31 Å². The zero-order valence-electron chi connectivity index (χ0n) is 18.6. The molecule has 3 aromatic rings. The summed E-state index contributed by atoms with van der Waals surface area (Å²) in [6.45, 7) is 5.56. The van der Waals surface area contributed by atoms with Gasteiger partial charge in [-0.1, -0.05) is 13.0 Å². The lowest BCUT2D eigenvalue weighted by Gasteiger charge is -2.26. The van der Waals surface area contributed by atoms with Crippen LogP contribution in [0.2, 0.25) is 0 Å². The van der Waals surface area contributed by atoms with Crippen LogP contribution in [0.25, 0.3) is 11.7 Å². The van der Waals surface area contributed by atoms with Crippen molar-refractivity contribution in [1.82, 2.24) is 19.4 Å². The average Bonchev–Trinajstić information content (AvgIpc) is 3.51. The Bertz CT molecular complexity index is 1200. The summed E-state index contributed by atoms with van der Waals surface area (Å²) in [6.07, 6.45) is 2.21. The van der Waals surface area contributed by atoms with Crippen molar-refractivity contribution in [2.45, 2.75) is 31.7 Å². The second-order valence-electron chi connectivity index (χ2n) is 7.70. The first-order valence-electron chi connectivity index (χ1n) is 10.7. The first-order chi connectivity index (χ1) is 15.9. The summed E-state index contributed by atoms with van der Waals surface area (Å²) in [7, 11) is -3.72. The predicted octanol–water partition coefficient (Wildman–Crippen LogP) is 2.71. The smallest absolute Gasteiger partial charge is 0.283 e. The Labute approximate surface area is 192 Å². The average molecular weight is 475 g/mol. The number of amides is 1. The highest BCUT2D eigenvalue weighted by Gasteiger charge is 2.28. The Balaban J connectivity index is 1.58. The van der Waals surface area contributed by atoms with E-state index in [0.29, 0.717) is 43.1 Å². The van der Waals surface area contributed by atoms with Crippen LogP contribution in [0.1, 0.15) is 35.2 Å². The van der Waals surface area contributed by atoms with Gasteiger partial charge in [0.05, 0.1) is 30.9 Å². The zero-order valence-corrected chi connectivity index (χ0v) is 19.4. The van der Waals surface area contributed by atoms with Gasteiger partial charge in [0.25, 0.3) is 11.8 Å². The van der Waals surface area contributed by atoms with Crippen LogP contribution in [0.15, 0.2) is 50.3 Å². The number of aryl methyl sites for hydroxylation is 1. The monoisotopic (exact) mass is 474 g/mol. The highest BCUT2D eigenvalue weighted by atomic mass is 32.2. The van der Waals surface area contributed by atoms with Gasteiger partial charge in [0, 0.05) is 25.2 Å². The van der Waals surface area contributed by atoms with Gasteiger partial charge in [0.1, 0.15) is 0 Å². The van der Waals surface area contributed by atoms with E-state index in [1.807, 2.05) is 6.92 Å². The van der Waals surface area contributed by atoms with Crippen molar-refractivity contribution in [3.05, 3.63) is 53.6 Å². The summed E-state index contributed by atoms with van der Waals surface area (Å²) in [4.78, 5) is 15.1. The SMILES string of the molecule is CCCN(Cc1nnc(-c2ccco2)o1)C(=O)c1cc(S(=O)(=O)N2CCOCC2)ccc1C. The molecule has 1 saturated heterocycles. The lowest BCUT2D eigenvalue weighted by Crippen LogP contribution is -2.40. The molecule has 0 radical (unpaired) electrons. The van der Waals surface area contributed by atoms with Gasteiger partial charge in [-0.05, 0) is 43.2 Å². The van der Waals surface area contributed by atoms with Crippen LogP contribution >= 0.6 is 0 Å². The third-order valence-corrected chi connectivity index (χ3v) is 7.25. The standard InChI is InChI=1S/C22H26N4O6S/c1-3-8-25(15-20-23-24-21(32-20)19-5-4-11-31-19)22(27)18-14-17(7-6-16(18)2)33(28,29)26-9-12-30-13-10-26/h4-7,11,14H,3,8-10,12-13,15H2,1-2H3. The van der Waals surface area contributed by atoms with Crippen LogP contribution in [-0.2, 0) is 21.3 Å². The van der Waals surface area contributed by atoms with E-state index in [1.165, 1.54) is 22.7 Å². The number of carbonyl (C=O) groups is 1. The molecule has 1 aliphatic rings. The van der Waals surface area contributed by atoms with Crippen molar-refractivity contribution >= 4 is 15.9 Å². The topological polar surface area (TPSA) is 119 Å². The Hall–Kier alpha value is -3.02. The Morgan fingerprint density at radius 2 is 1.97 bits per heavy atom. The maximum Gasteiger partial charge on any atom is 0.283 e. The number of hydrogen-bond donors (Lipinski definition) is 0. The zero-order chi connectivity index (χ0) is 23.4. The van der Waals surface area contributed by atoms with Crippen LogP contribution in [0.5, 0.6) is 0 Å². The van der Waals surface area contributed by atoms with Gasteiger partial charge in [-0.25, -0.2) is 8.42 Å². The molecule has 10 nitrogen and oxygen atoms in total. The lowest BCUT2D eigenvalue weighted by molar-refractivity contribution is 0.0724. The molecule has 0 atom stereocenters. The highest BCUT2D eigenvalue weighted by Crippen LogP contribution is 2.23. The molecule has 2 aromatic heterocycles. The number of morpholine rings is 1. The van der Waals surface area contributed by atoms with Gasteiger partial charge in [-0.3, -0.25) is 4.79 Å². The molecule has 0 aliphatic carbocycles. The number of benzene rings is 1. The first-order valence-corrected chi connectivity index (χ1v) is 12.2. The highest BCUT2D eigenvalue weighted by molar-refractivity contribution is 7.89. The fourth-order valence-electron chi connectivity index (χ4n) is 3.60. The van der Waals surface area contributed by atoms with Crippen LogP contribution in [0.4, 0.5) is 0 Å². The number of hydrogen-bond acceptors (Lipinski definition) is 8. The number of furan rings is 1. The molecule has 1 amide bonds. The number of aromatic nitrogens is 2. The van der Waals surface area contributed by atoms with Crippen molar-refractivity contribution in [2.24, 2.45) is 0 Å². The summed E-state index contributed by atoms with van der Waals surface area (Å²) in [5.74, 6) is 0.636. The minimum absolute atomic E-state index is 0.0905. The van der Waals surface area contributed by atoms with E-state index >= 15 is 0 Å². The van der Waals surface area contributed by atoms with E-state index < -0.39 is 10.0 Å². The number of carbonyl (C=O) groups excluding carboxylic acids is 1. The molecule has 1 aromatic carbocycles. The molecule has 0 spiro atoms. The molecule has 1 aliphatic heterocycles. The van der Waals surface area contributed by atoms with E-state index in [2.05, 4.69) is 10.2 Å². The van der Waals surface area contributed by atoms with E-state index in [-0.39, 0.29) is 42.2 Å². The Kier molecular flexibility index (Phi) is 6.91. The molecular formula is C22H26N4O6S. The third-order valence-electron chi connectivity index (χ3n) is 5.35. The van der Waals surface area contributed by atoms with Gasteiger partial charge in [0.15, 0.2) is 5.76 Å². The summed E-state index contributed by atoms with van der Waals surface area (Å²) in [5, 5.41) is 8.00. The molecule has 0 unspecified atom stereocenters. The van der Waals surface area contributed by atoms with E-state index in [1.54, 1.807) is 30.0 Å². The minimum atomic E-state index is -3.72. The fourth-order valence-corrected chi connectivity index (χ4v) is 5.04. The van der Waals surface area contributed by atoms with Gasteiger partial charge >= 0.3 is 0 Å². The van der Waals surface area contributed by atoms with Gasteiger partial charge < -0.3 is 18.5 Å². The van der Waals surface area contributed by atoms with E-state index in [9.17, 15) is 13.2 Å². The van der Waals surface area contributed by atoms with Crippen LogP contribution in [0, 0.1) is 6.92 Å². The summed E-state index contributed by atoms with van der Waals surface area (Å²) in [6, 6.07) is 8.07. The maximum atomic E-state index is 13.4.